The van der Waals surface area contributed by atoms with E-state index < -0.39 is 0 Å². The summed E-state index contributed by atoms with van der Waals surface area (Å²) < 4.78 is 3.85. The quantitative estimate of drug-likeness (QED) is 0.553. The fourth-order valence-corrected chi connectivity index (χ4v) is 2.85. The molecular weight excluding hydrogens is 310 g/mol. The van der Waals surface area contributed by atoms with Crippen LogP contribution in [0.2, 0.25) is 0 Å². The van der Waals surface area contributed by atoms with Crippen molar-refractivity contribution < 1.29 is 0 Å². The number of benzene rings is 1. The number of hydrogen-bond donors (Lipinski definition) is 0. The highest BCUT2D eigenvalue weighted by atomic mass is 15.3. The highest BCUT2D eigenvalue weighted by Gasteiger charge is 2.21. The van der Waals surface area contributed by atoms with Crippen molar-refractivity contribution in [1.82, 2.24) is 24.1 Å². The minimum atomic E-state index is -0.0636. The minimum Gasteiger partial charge on any atom is -0.290 e. The first-order valence-electron chi connectivity index (χ1n) is 8.38. The van der Waals surface area contributed by atoms with E-state index in [4.69, 9.17) is 4.98 Å². The van der Waals surface area contributed by atoms with Crippen LogP contribution in [0.25, 0.3) is 22.6 Å². The van der Waals surface area contributed by atoms with Crippen LogP contribution in [0.1, 0.15) is 32.0 Å². The molecule has 126 valence electrons. The summed E-state index contributed by atoms with van der Waals surface area (Å²) >= 11 is 0. The molecule has 0 aliphatic heterocycles. The molecular formula is C20H21N5. The van der Waals surface area contributed by atoms with Gasteiger partial charge in [0.05, 0.1) is 11.9 Å². The maximum absolute atomic E-state index is 4.94. The van der Waals surface area contributed by atoms with Crippen molar-refractivity contribution in [2.45, 2.75) is 33.1 Å². The van der Waals surface area contributed by atoms with Gasteiger partial charge in [-0.25, -0.2) is 9.97 Å². The Morgan fingerprint density at radius 1 is 1.04 bits per heavy atom. The topological polar surface area (TPSA) is 48.0 Å². The van der Waals surface area contributed by atoms with Gasteiger partial charge in [-0.2, -0.15) is 9.61 Å². The maximum Gasteiger partial charge on any atom is 0.165 e. The molecule has 0 amide bonds. The number of hydrogen-bond acceptors (Lipinski definition) is 3. The van der Waals surface area contributed by atoms with E-state index in [-0.39, 0.29) is 5.41 Å². The Labute approximate surface area is 147 Å². The van der Waals surface area contributed by atoms with Crippen molar-refractivity contribution in [3.8, 4) is 16.9 Å². The summed E-state index contributed by atoms with van der Waals surface area (Å²) in [7, 11) is 0. The van der Waals surface area contributed by atoms with E-state index in [1.807, 2.05) is 21.5 Å². The Kier molecular flexibility index (Phi) is 3.46. The lowest BCUT2D eigenvalue weighted by molar-refractivity contribution is 0.567. The van der Waals surface area contributed by atoms with Gasteiger partial charge in [-0.1, -0.05) is 50.6 Å². The highest BCUT2D eigenvalue weighted by Crippen LogP contribution is 2.29. The van der Waals surface area contributed by atoms with Crippen LogP contribution in [0.5, 0.6) is 0 Å². The molecule has 0 saturated carbocycles. The van der Waals surface area contributed by atoms with Gasteiger partial charge >= 0.3 is 0 Å². The zero-order valence-corrected chi connectivity index (χ0v) is 14.9. The van der Waals surface area contributed by atoms with Crippen LogP contribution < -0.4 is 0 Å². The normalized spacial score (nSPS) is 12.0. The largest absolute Gasteiger partial charge is 0.290 e. The molecule has 4 aromatic rings. The van der Waals surface area contributed by atoms with Gasteiger partial charge in [-0.05, 0) is 12.5 Å². The van der Waals surface area contributed by atoms with E-state index in [0.717, 1.165) is 28.3 Å². The third kappa shape index (κ3) is 2.71. The van der Waals surface area contributed by atoms with Crippen LogP contribution in [-0.2, 0) is 5.41 Å². The van der Waals surface area contributed by atoms with Crippen LogP contribution >= 0.6 is 0 Å². The van der Waals surface area contributed by atoms with Crippen molar-refractivity contribution in [3.05, 3.63) is 66.5 Å². The lowest BCUT2D eigenvalue weighted by Gasteiger charge is -2.19. The van der Waals surface area contributed by atoms with E-state index in [9.17, 15) is 0 Å². The van der Waals surface area contributed by atoms with Crippen molar-refractivity contribution in [2.75, 3.05) is 0 Å². The summed E-state index contributed by atoms with van der Waals surface area (Å²) in [4.78, 5) is 9.12. The molecule has 1 aromatic carbocycles. The fourth-order valence-electron chi connectivity index (χ4n) is 2.85. The standard InChI is InChI=1S/C20H21N5/c1-14-5-7-15(8-6-14)16-12-22-25-18(24-10-9-21-13-24)11-17(20(2,3)4)23-19(16)25/h5-13H,1-4H3. The second kappa shape index (κ2) is 5.55. The number of nitrogens with zero attached hydrogens (tertiary/aromatic N) is 5. The van der Waals surface area contributed by atoms with Crippen LogP contribution in [0.15, 0.2) is 55.2 Å². The predicted octanol–water partition coefficient (Wildman–Crippen LogP) is 4.19. The molecule has 0 aliphatic carbocycles. The number of fused-ring (bicyclic) bond motifs is 1. The lowest BCUT2D eigenvalue weighted by atomic mass is 9.92. The predicted molar refractivity (Wildman–Crippen MR) is 99.0 cm³/mol. The number of aryl methyl sites for hydroxylation is 1. The molecule has 5 heteroatoms. The van der Waals surface area contributed by atoms with Crippen LogP contribution in [0.3, 0.4) is 0 Å². The third-order valence-electron chi connectivity index (χ3n) is 4.35. The zero-order valence-electron chi connectivity index (χ0n) is 14.9. The summed E-state index contributed by atoms with van der Waals surface area (Å²) in [5, 5.41) is 4.60. The van der Waals surface area contributed by atoms with E-state index in [1.165, 1.54) is 5.56 Å². The van der Waals surface area contributed by atoms with Crippen LogP contribution in [-0.4, -0.2) is 24.1 Å². The average Bonchev–Trinajstić information content (AvgIpc) is 3.23. The molecule has 0 atom stereocenters. The zero-order chi connectivity index (χ0) is 17.6. The summed E-state index contributed by atoms with van der Waals surface area (Å²) in [6.45, 7) is 8.61. The van der Waals surface area contributed by atoms with Crippen LogP contribution in [0.4, 0.5) is 0 Å². The average molecular weight is 331 g/mol. The Bertz CT molecular complexity index is 1020. The van der Waals surface area contributed by atoms with E-state index in [0.29, 0.717) is 0 Å². The van der Waals surface area contributed by atoms with Gasteiger partial charge in [0.1, 0.15) is 12.1 Å². The van der Waals surface area contributed by atoms with Crippen molar-refractivity contribution in [1.29, 1.82) is 0 Å². The smallest absolute Gasteiger partial charge is 0.165 e. The van der Waals surface area contributed by atoms with Gasteiger partial charge in [0.2, 0.25) is 0 Å². The third-order valence-corrected chi connectivity index (χ3v) is 4.35. The molecule has 0 aliphatic rings. The second-order valence-corrected chi connectivity index (χ2v) is 7.38. The Morgan fingerprint density at radius 3 is 2.44 bits per heavy atom. The summed E-state index contributed by atoms with van der Waals surface area (Å²) in [5.74, 6) is 0.936. The molecule has 25 heavy (non-hydrogen) atoms. The molecule has 4 rings (SSSR count). The molecule has 0 radical (unpaired) electrons. The van der Waals surface area contributed by atoms with Gasteiger partial charge in [0.15, 0.2) is 5.65 Å². The molecule has 0 bridgehead atoms. The lowest BCUT2D eigenvalue weighted by Crippen LogP contribution is -2.16. The highest BCUT2D eigenvalue weighted by molar-refractivity contribution is 5.77. The molecule has 3 heterocycles. The molecule has 0 spiro atoms. The van der Waals surface area contributed by atoms with E-state index in [1.54, 1.807) is 12.5 Å². The molecule has 0 unspecified atom stereocenters. The minimum absolute atomic E-state index is 0.0636. The number of imidazole rings is 1. The van der Waals surface area contributed by atoms with E-state index >= 15 is 0 Å². The SMILES string of the molecule is Cc1ccc(-c2cnn3c(-n4ccnc4)cc(C(C)(C)C)nc23)cc1. The summed E-state index contributed by atoms with van der Waals surface area (Å²) in [5.41, 5.74) is 5.22. The Hall–Kier alpha value is -2.95. The monoisotopic (exact) mass is 331 g/mol. The summed E-state index contributed by atoms with van der Waals surface area (Å²) in [6.07, 6.45) is 7.37. The van der Waals surface area contributed by atoms with Crippen LogP contribution in [0, 0.1) is 6.92 Å². The summed E-state index contributed by atoms with van der Waals surface area (Å²) in [6, 6.07) is 10.6. The number of aromatic nitrogens is 5. The maximum atomic E-state index is 4.94. The molecule has 0 N–H and O–H groups in total. The van der Waals surface area contributed by atoms with Crippen molar-refractivity contribution in [3.63, 3.8) is 0 Å². The second-order valence-electron chi connectivity index (χ2n) is 7.38. The molecule has 5 nitrogen and oxygen atoms in total. The van der Waals surface area contributed by atoms with Gasteiger partial charge in [-0.3, -0.25) is 4.57 Å². The fraction of sp³-hybridized carbons (Fsp3) is 0.250. The van der Waals surface area contributed by atoms with Crippen molar-refractivity contribution >= 4 is 5.65 Å². The molecule has 0 fully saturated rings. The van der Waals surface area contributed by atoms with Gasteiger partial charge in [-0.15, -0.1) is 0 Å². The number of rotatable bonds is 2. The first-order valence-corrected chi connectivity index (χ1v) is 8.38. The molecule has 0 saturated heterocycles. The van der Waals surface area contributed by atoms with Gasteiger partial charge in [0, 0.05) is 29.4 Å². The van der Waals surface area contributed by atoms with E-state index in [2.05, 4.69) is 68.1 Å². The first-order chi connectivity index (χ1) is 11.9. The van der Waals surface area contributed by atoms with Crippen molar-refractivity contribution in [2.24, 2.45) is 0 Å². The van der Waals surface area contributed by atoms with Gasteiger partial charge in [0.25, 0.3) is 0 Å². The van der Waals surface area contributed by atoms with Gasteiger partial charge < -0.3 is 0 Å². The Morgan fingerprint density at radius 2 is 1.80 bits per heavy atom. The first kappa shape index (κ1) is 15.6. The Balaban J connectivity index is 2.01. The molecule has 3 aromatic heterocycles.